The summed E-state index contributed by atoms with van der Waals surface area (Å²) in [6.45, 7) is 12.0. The van der Waals surface area contributed by atoms with E-state index < -0.39 is 5.91 Å². The molecule has 3 aliphatic carbocycles. The molecule has 310 valence electrons. The van der Waals surface area contributed by atoms with E-state index in [1.54, 1.807) is 0 Å². The number of halogens is 1. The second kappa shape index (κ2) is 21.2. The molecule has 9 rings (SSSR count). The van der Waals surface area contributed by atoms with Crippen molar-refractivity contribution in [2.24, 2.45) is 29.2 Å². The average Bonchev–Trinajstić information content (AvgIpc) is 4.08. The lowest BCUT2D eigenvalue weighted by atomic mass is 9.95. The van der Waals surface area contributed by atoms with E-state index in [1.165, 1.54) is 63.7 Å². The minimum Gasteiger partial charge on any atom is -0.369 e. The molecular formula is C41H70ClN9O4. The maximum Gasteiger partial charge on any atom is 0.238 e. The van der Waals surface area contributed by atoms with Crippen molar-refractivity contribution < 1.29 is 19.2 Å². The average molecular weight is 789 g/mol. The van der Waals surface area contributed by atoms with Gasteiger partial charge in [-0.1, -0.05) is 37.8 Å². The van der Waals surface area contributed by atoms with E-state index in [-0.39, 0.29) is 49.5 Å². The van der Waals surface area contributed by atoms with Gasteiger partial charge in [0.15, 0.2) is 0 Å². The number of nitrogens with one attached hydrogen (secondary N) is 3. The van der Waals surface area contributed by atoms with Crippen molar-refractivity contribution in [2.75, 3.05) is 78.5 Å². The van der Waals surface area contributed by atoms with Gasteiger partial charge in [0.05, 0.1) is 31.0 Å². The van der Waals surface area contributed by atoms with Crippen LogP contribution in [0, 0.1) is 17.8 Å². The number of rotatable bonds is 9. The van der Waals surface area contributed by atoms with Crippen molar-refractivity contribution in [3.63, 3.8) is 0 Å². The number of Topliss-reactive ketones (excluding diaryl/α,β-unsaturated/α-hetero) is 1. The molecule has 5 heterocycles. The van der Waals surface area contributed by atoms with Crippen LogP contribution in [0.2, 0.25) is 0 Å². The molecule has 0 bridgehead atoms. The van der Waals surface area contributed by atoms with Crippen LogP contribution in [-0.4, -0.2) is 133 Å². The van der Waals surface area contributed by atoms with Gasteiger partial charge in [-0.05, 0) is 87.5 Å². The number of likely N-dealkylation sites (tertiary alicyclic amines) is 3. The summed E-state index contributed by atoms with van der Waals surface area (Å²) < 4.78 is 0. The minimum absolute atomic E-state index is 0. The van der Waals surface area contributed by atoms with Crippen molar-refractivity contribution in [3.05, 3.63) is 35.9 Å². The van der Waals surface area contributed by atoms with Crippen LogP contribution in [-0.2, 0) is 25.7 Å². The molecular weight excluding hydrogens is 718 g/mol. The number of amides is 3. The van der Waals surface area contributed by atoms with Crippen LogP contribution in [0.3, 0.4) is 0 Å². The Balaban J connectivity index is 0.000000178. The van der Waals surface area contributed by atoms with Gasteiger partial charge in [0, 0.05) is 78.3 Å². The molecule has 0 aromatic heterocycles. The molecule has 0 radical (unpaired) electrons. The van der Waals surface area contributed by atoms with Gasteiger partial charge in [0.2, 0.25) is 17.7 Å². The van der Waals surface area contributed by atoms with Gasteiger partial charge in [-0.3, -0.25) is 29.8 Å². The zero-order valence-corrected chi connectivity index (χ0v) is 33.1. The number of primary amides is 1. The Morgan fingerprint density at radius 2 is 1.18 bits per heavy atom. The van der Waals surface area contributed by atoms with E-state index in [0.29, 0.717) is 18.9 Å². The number of nitrogens with two attached hydrogens (primary N) is 2. The summed E-state index contributed by atoms with van der Waals surface area (Å²) in [6.07, 6.45) is 14.4. The second-order valence-electron chi connectivity index (χ2n) is 16.8. The largest absolute Gasteiger partial charge is 0.369 e. The number of nitrogens with zero attached hydrogens (tertiary/aromatic N) is 4. The first-order chi connectivity index (χ1) is 25.6. The summed E-state index contributed by atoms with van der Waals surface area (Å²) in [5.41, 5.74) is 10.3. The molecule has 55 heavy (non-hydrogen) atoms. The first-order valence-electron chi connectivity index (χ1n) is 20.5. The standard InChI is InChI=1S/C18H25N3O.C11H19N3O.C9H15NO.C2H6N2O.CH4.ClH/c22-17-12-19-18(21(17)14-15-4-2-1-3-5-15)8-10-20(11-9-18)13-16-6-7-16;15-10-7-12-11(13-10)3-5-14(6-4-11)8-9-1-2-9;11-9-3-5-10(6-4-9)7-8-1-2-8;3-1-2(4)5;;/h1-5,16,19H,6-14H2;9,12H,1-8H2,(H,13,15);8H,1-7H2;1,3H2,(H2,4,5);1H4;1H. The molecule has 3 saturated carbocycles. The van der Waals surface area contributed by atoms with Crippen LogP contribution in [0.15, 0.2) is 30.3 Å². The van der Waals surface area contributed by atoms with Crippen molar-refractivity contribution in [2.45, 2.75) is 102 Å². The Morgan fingerprint density at radius 3 is 1.62 bits per heavy atom. The molecule has 5 saturated heterocycles. The lowest BCUT2D eigenvalue weighted by molar-refractivity contribution is -0.132. The SMILES string of the molecule is C.Cl.NCC(N)=O.O=C1CCN(CC2CC2)CC1.O=C1CNC2(CCN(CC3CC3)CC2)N1.O=C1CNC2(CCN(CC3CC3)CC2)N1Cc1ccccc1. The summed E-state index contributed by atoms with van der Waals surface area (Å²) >= 11 is 0. The highest BCUT2D eigenvalue weighted by atomic mass is 35.5. The third-order valence-electron chi connectivity index (χ3n) is 12.2. The summed E-state index contributed by atoms with van der Waals surface area (Å²) in [7, 11) is 0. The Kier molecular flexibility index (Phi) is 17.4. The summed E-state index contributed by atoms with van der Waals surface area (Å²) in [4.78, 5) is 53.6. The zero-order valence-electron chi connectivity index (χ0n) is 32.3. The van der Waals surface area contributed by atoms with Crippen LogP contribution in [0.5, 0.6) is 0 Å². The Hall–Kier alpha value is -2.65. The van der Waals surface area contributed by atoms with Crippen LogP contribution in [0.25, 0.3) is 0 Å². The molecule has 13 nitrogen and oxygen atoms in total. The molecule has 7 N–H and O–H groups in total. The van der Waals surface area contributed by atoms with Gasteiger partial charge < -0.3 is 36.4 Å². The monoisotopic (exact) mass is 788 g/mol. The van der Waals surface area contributed by atoms with Crippen LogP contribution < -0.4 is 27.4 Å². The second-order valence-corrected chi connectivity index (χ2v) is 16.8. The van der Waals surface area contributed by atoms with Crippen molar-refractivity contribution in [1.29, 1.82) is 0 Å². The molecule has 8 fully saturated rings. The first-order valence-corrected chi connectivity index (χ1v) is 20.5. The number of hydrogen-bond acceptors (Lipinski definition) is 10. The molecule has 0 atom stereocenters. The first kappa shape index (κ1) is 45.1. The number of carbonyl (C=O) groups is 4. The van der Waals surface area contributed by atoms with Crippen molar-refractivity contribution in [1.82, 2.24) is 35.6 Å². The van der Waals surface area contributed by atoms with Gasteiger partial charge in [-0.2, -0.15) is 0 Å². The van der Waals surface area contributed by atoms with Crippen LogP contribution in [0.1, 0.15) is 90.0 Å². The highest BCUT2D eigenvalue weighted by Crippen LogP contribution is 2.35. The Labute approximate surface area is 335 Å². The van der Waals surface area contributed by atoms with E-state index in [9.17, 15) is 19.2 Å². The quantitative estimate of drug-likeness (QED) is 0.251. The minimum atomic E-state index is -0.468. The molecule has 5 aliphatic heterocycles. The van der Waals surface area contributed by atoms with Gasteiger partial charge in [0.1, 0.15) is 5.78 Å². The number of hydrogen-bond donors (Lipinski definition) is 5. The predicted octanol–water partition coefficient (Wildman–Crippen LogP) is 2.28. The molecule has 3 amide bonds. The lowest BCUT2D eigenvalue weighted by Gasteiger charge is -2.44. The summed E-state index contributed by atoms with van der Waals surface area (Å²) in [5, 5.41) is 9.94. The molecule has 14 heteroatoms. The fourth-order valence-electron chi connectivity index (χ4n) is 8.23. The molecule has 1 aromatic carbocycles. The number of benzene rings is 1. The van der Waals surface area contributed by atoms with Crippen LogP contribution >= 0.6 is 12.4 Å². The molecule has 0 unspecified atom stereocenters. The van der Waals surface area contributed by atoms with E-state index in [4.69, 9.17) is 5.73 Å². The predicted molar refractivity (Wildman–Crippen MR) is 219 cm³/mol. The van der Waals surface area contributed by atoms with Crippen LogP contribution in [0.4, 0.5) is 0 Å². The van der Waals surface area contributed by atoms with E-state index in [2.05, 4.69) is 53.4 Å². The third-order valence-corrected chi connectivity index (χ3v) is 12.2. The van der Waals surface area contributed by atoms with Gasteiger partial charge >= 0.3 is 0 Å². The maximum atomic E-state index is 12.4. The van der Waals surface area contributed by atoms with E-state index >= 15 is 0 Å². The summed E-state index contributed by atoms with van der Waals surface area (Å²) in [6, 6.07) is 10.4. The fourth-order valence-corrected chi connectivity index (χ4v) is 8.23. The lowest BCUT2D eigenvalue weighted by Crippen LogP contribution is -2.58. The van der Waals surface area contributed by atoms with Crippen molar-refractivity contribution >= 4 is 35.9 Å². The highest BCUT2D eigenvalue weighted by molar-refractivity contribution is 5.85. The maximum absolute atomic E-state index is 12.4. The van der Waals surface area contributed by atoms with Gasteiger partial charge in [-0.25, -0.2) is 0 Å². The zero-order chi connectivity index (χ0) is 37.3. The third kappa shape index (κ3) is 14.4. The number of ketones is 1. The molecule has 8 aliphatic rings. The highest BCUT2D eigenvalue weighted by Gasteiger charge is 2.47. The number of carbonyl (C=O) groups excluding carboxylic acids is 4. The Morgan fingerprint density at radius 1 is 0.709 bits per heavy atom. The molecule has 1 aromatic rings. The Bertz CT molecular complexity index is 1360. The molecule has 2 spiro atoms. The van der Waals surface area contributed by atoms with E-state index in [0.717, 1.165) is 102 Å². The van der Waals surface area contributed by atoms with E-state index in [1.807, 2.05) is 18.2 Å². The smallest absolute Gasteiger partial charge is 0.238 e. The van der Waals surface area contributed by atoms with Crippen molar-refractivity contribution in [3.8, 4) is 0 Å². The van der Waals surface area contributed by atoms with Gasteiger partial charge in [0.25, 0.3) is 0 Å². The summed E-state index contributed by atoms with van der Waals surface area (Å²) in [5.74, 6) is 3.30. The number of piperidine rings is 3. The normalized spacial score (nSPS) is 24.6. The van der Waals surface area contributed by atoms with Gasteiger partial charge in [-0.15, -0.1) is 12.4 Å². The topological polar surface area (TPSA) is 169 Å². The fraction of sp³-hybridized carbons (Fsp3) is 0.756.